The Morgan fingerprint density at radius 3 is 1.78 bits per heavy atom. The van der Waals surface area contributed by atoms with Crippen LogP contribution in [0.3, 0.4) is 0 Å². The van der Waals surface area contributed by atoms with E-state index in [4.69, 9.17) is 28.4 Å². The fourth-order valence-electron chi connectivity index (χ4n) is 14.2. The first kappa shape index (κ1) is 53.8. The monoisotopic (exact) mass is 963 g/mol. The van der Waals surface area contributed by atoms with Crippen molar-refractivity contribution in [2.24, 2.45) is 45.3 Å². The normalized spacial score (nSPS) is 51.0. The second kappa shape index (κ2) is 19.8. The van der Waals surface area contributed by atoms with Gasteiger partial charge in [-0.25, -0.2) is 0 Å². The minimum Gasteiger partial charge on any atom is -0.394 e. The predicted octanol–water partition coefficient (Wildman–Crippen LogP) is -1.06. The van der Waals surface area contributed by atoms with Crippen LogP contribution in [0, 0.1) is 45.3 Å². The summed E-state index contributed by atoms with van der Waals surface area (Å²) >= 11 is 0. The molecule has 7 aliphatic rings. The zero-order chi connectivity index (χ0) is 49.5. The van der Waals surface area contributed by atoms with Gasteiger partial charge in [0.25, 0.3) is 0 Å². The molecule has 19 nitrogen and oxygen atoms in total. The highest BCUT2D eigenvalue weighted by Gasteiger charge is 2.70. The SMILES string of the molecule is C[C@H](CC[C@@H](O[C@@H]1O[C@H](CO)[C@@H](O)[C@H](O)[C@H]1O[C@H]1O[C@@H](CO)[C@H](O[C@H]2O[C@@H](CO)[C@H](O)[C@@H](O)[C@@H]2O)[C@@H](O)[C@@H]1O)C(C)(C)O)C1CC[C@@]2(C)C3CC=C4C(CC[C@H](O)C4(C)C)[C@]3(C)[C@H](O)C[C@]12C. The fraction of sp³-hybridized carbons (Fsp3) is 0.958. The van der Waals surface area contributed by atoms with Crippen LogP contribution >= 0.6 is 0 Å². The van der Waals surface area contributed by atoms with Crippen molar-refractivity contribution in [1.82, 2.24) is 0 Å². The van der Waals surface area contributed by atoms with Gasteiger partial charge in [0.1, 0.15) is 73.2 Å². The maximum atomic E-state index is 12.4. The molecule has 6 fully saturated rings. The van der Waals surface area contributed by atoms with E-state index in [0.29, 0.717) is 25.7 Å². The van der Waals surface area contributed by atoms with Gasteiger partial charge in [0.2, 0.25) is 0 Å². The molecule has 4 aliphatic carbocycles. The van der Waals surface area contributed by atoms with E-state index in [1.165, 1.54) is 5.57 Å². The highest BCUT2D eigenvalue weighted by Crippen LogP contribution is 2.75. The van der Waals surface area contributed by atoms with Gasteiger partial charge in [-0.3, -0.25) is 0 Å². The van der Waals surface area contributed by atoms with Crippen molar-refractivity contribution in [2.75, 3.05) is 19.8 Å². The van der Waals surface area contributed by atoms with Crippen molar-refractivity contribution >= 4 is 0 Å². The van der Waals surface area contributed by atoms with Crippen LogP contribution < -0.4 is 0 Å². The lowest BCUT2D eigenvalue weighted by Crippen LogP contribution is -2.67. The van der Waals surface area contributed by atoms with Crippen LogP contribution in [-0.4, -0.2) is 202 Å². The molecule has 3 aliphatic heterocycles. The van der Waals surface area contributed by atoms with Gasteiger partial charge in [0.05, 0.1) is 43.7 Å². The quantitative estimate of drug-likeness (QED) is 0.0924. The van der Waals surface area contributed by atoms with Crippen LogP contribution in [0.4, 0.5) is 0 Å². The van der Waals surface area contributed by atoms with Crippen molar-refractivity contribution in [2.45, 2.75) is 223 Å². The molecule has 388 valence electrons. The second-order valence-electron chi connectivity index (χ2n) is 23.0. The first-order chi connectivity index (χ1) is 31.2. The first-order valence-corrected chi connectivity index (χ1v) is 24.5. The third-order valence-electron chi connectivity index (χ3n) is 18.7. The second-order valence-corrected chi connectivity index (χ2v) is 23.0. The molecule has 0 bridgehead atoms. The van der Waals surface area contributed by atoms with Crippen molar-refractivity contribution in [3.63, 3.8) is 0 Å². The zero-order valence-electron chi connectivity index (χ0n) is 40.3. The Morgan fingerprint density at radius 1 is 0.642 bits per heavy atom. The maximum absolute atomic E-state index is 12.4. The maximum Gasteiger partial charge on any atom is 0.187 e. The molecule has 3 saturated heterocycles. The molecule has 0 aromatic heterocycles. The molecular weight excluding hydrogens is 881 g/mol. The van der Waals surface area contributed by atoms with Crippen molar-refractivity contribution in [3.8, 4) is 0 Å². The molecule has 0 radical (unpaired) electrons. The van der Waals surface area contributed by atoms with E-state index in [1.54, 1.807) is 13.8 Å². The van der Waals surface area contributed by atoms with Gasteiger partial charge in [-0.2, -0.15) is 0 Å². The molecule has 0 aromatic rings. The smallest absolute Gasteiger partial charge is 0.187 e. The molecule has 7 rings (SSSR count). The van der Waals surface area contributed by atoms with Gasteiger partial charge in [-0.05, 0) is 99.7 Å². The minimum absolute atomic E-state index is 0.0779. The average Bonchev–Trinajstić information content (AvgIpc) is 3.54. The summed E-state index contributed by atoms with van der Waals surface area (Å²) in [5, 5.41) is 141. The van der Waals surface area contributed by atoms with E-state index in [0.717, 1.165) is 25.7 Å². The molecule has 0 aromatic carbocycles. The lowest BCUT2D eigenvalue weighted by atomic mass is 9.38. The number of hydrogen-bond donors (Lipinski definition) is 13. The summed E-state index contributed by atoms with van der Waals surface area (Å²) in [4.78, 5) is 0. The van der Waals surface area contributed by atoms with Gasteiger partial charge in [-0.1, -0.05) is 53.2 Å². The number of hydrogen-bond acceptors (Lipinski definition) is 19. The van der Waals surface area contributed by atoms with Gasteiger partial charge < -0.3 is 94.8 Å². The fourth-order valence-corrected chi connectivity index (χ4v) is 14.2. The van der Waals surface area contributed by atoms with E-state index >= 15 is 0 Å². The summed E-state index contributed by atoms with van der Waals surface area (Å²) in [5.41, 5.74) is -1.22. The molecule has 19 heteroatoms. The van der Waals surface area contributed by atoms with Crippen LogP contribution in [-0.2, 0) is 28.4 Å². The Balaban J connectivity index is 1.06. The molecule has 3 saturated carbocycles. The summed E-state index contributed by atoms with van der Waals surface area (Å²) in [7, 11) is 0. The Hall–Kier alpha value is -1.02. The first-order valence-electron chi connectivity index (χ1n) is 24.5. The molecule has 25 atom stereocenters. The third kappa shape index (κ3) is 9.13. The number of rotatable bonds is 14. The molecule has 3 heterocycles. The van der Waals surface area contributed by atoms with Crippen LogP contribution in [0.1, 0.15) is 107 Å². The highest BCUT2D eigenvalue weighted by atomic mass is 16.8. The Bertz CT molecular complexity index is 1710. The number of fused-ring (bicyclic) bond motifs is 5. The van der Waals surface area contributed by atoms with Gasteiger partial charge in [0.15, 0.2) is 18.9 Å². The van der Waals surface area contributed by atoms with Crippen LogP contribution in [0.5, 0.6) is 0 Å². The summed E-state index contributed by atoms with van der Waals surface area (Å²) in [5.74, 6) is 0.748. The molecule has 0 amide bonds. The predicted molar refractivity (Wildman–Crippen MR) is 235 cm³/mol. The van der Waals surface area contributed by atoms with E-state index in [-0.39, 0.29) is 45.3 Å². The van der Waals surface area contributed by atoms with E-state index in [2.05, 4.69) is 47.6 Å². The summed E-state index contributed by atoms with van der Waals surface area (Å²) in [6.45, 7) is 14.2. The summed E-state index contributed by atoms with van der Waals surface area (Å²) < 4.78 is 35.3. The number of aliphatic hydroxyl groups is 13. The van der Waals surface area contributed by atoms with Crippen molar-refractivity contribution in [1.29, 1.82) is 0 Å². The standard InChI is InChI=1S/C48H82O19/c1-21(22-15-16-46(6)28-12-10-23-24(11-13-29(52)44(23,2)3)48(28,8)30(53)17-47(22,46)7)9-14-31(45(4,5)61)65-43-40(35(57)33(55)26(19-50)63-43)67-42-38(60)36(58)39(27(20-51)64-42)66-41-37(59)34(56)32(54)25(18-49)62-41/h10,21-22,24-43,49-61H,9,11-20H2,1-8H3/t21-,22?,24?,25+,26-,27+,28?,29+,30-,31-,32+,33-,34-,35+,36+,37+,38+,39+,40-,41-,42-,43+,46+,47-,48+/m1/s1. The number of ether oxygens (including phenoxy) is 6. The summed E-state index contributed by atoms with van der Waals surface area (Å²) in [6, 6.07) is 0. The Kier molecular flexibility index (Phi) is 15.9. The average molecular weight is 963 g/mol. The van der Waals surface area contributed by atoms with Crippen LogP contribution in [0.25, 0.3) is 0 Å². The van der Waals surface area contributed by atoms with Crippen molar-refractivity contribution in [3.05, 3.63) is 11.6 Å². The van der Waals surface area contributed by atoms with Gasteiger partial charge >= 0.3 is 0 Å². The molecule has 67 heavy (non-hydrogen) atoms. The molecule has 13 N–H and O–H groups in total. The third-order valence-corrected chi connectivity index (χ3v) is 18.7. The highest BCUT2D eigenvalue weighted by molar-refractivity contribution is 5.31. The topological polar surface area (TPSA) is 318 Å². The van der Waals surface area contributed by atoms with Gasteiger partial charge in [-0.15, -0.1) is 0 Å². The van der Waals surface area contributed by atoms with E-state index < -0.39 is 136 Å². The molecule has 3 unspecified atom stereocenters. The largest absolute Gasteiger partial charge is 0.394 e. The van der Waals surface area contributed by atoms with E-state index in [9.17, 15) is 66.4 Å². The minimum atomic E-state index is -1.99. The molecular formula is C48H82O19. The summed E-state index contributed by atoms with van der Waals surface area (Å²) in [6.07, 6.45) is -19.3. The molecule has 0 spiro atoms. The lowest BCUT2D eigenvalue weighted by molar-refractivity contribution is -0.389. The Morgan fingerprint density at radius 2 is 1.18 bits per heavy atom. The van der Waals surface area contributed by atoms with Crippen molar-refractivity contribution < 1.29 is 94.8 Å². The number of aliphatic hydroxyl groups excluding tert-OH is 12. The zero-order valence-corrected chi connectivity index (χ0v) is 40.3. The van der Waals surface area contributed by atoms with Crippen LogP contribution in [0.15, 0.2) is 11.6 Å². The Labute approximate surface area is 393 Å². The lowest BCUT2D eigenvalue weighted by Gasteiger charge is -2.67. The number of allylic oxidation sites excluding steroid dienone is 1. The van der Waals surface area contributed by atoms with Gasteiger partial charge in [0, 0.05) is 10.8 Å². The van der Waals surface area contributed by atoms with Crippen LogP contribution in [0.2, 0.25) is 0 Å². The van der Waals surface area contributed by atoms with E-state index in [1.807, 2.05) is 0 Å².